The first-order valence-corrected chi connectivity index (χ1v) is 7.63. The molecule has 2 N–H and O–H groups in total. The van der Waals surface area contributed by atoms with Crippen LogP contribution in [-0.2, 0) is 18.3 Å². The van der Waals surface area contributed by atoms with Crippen LogP contribution in [-0.4, -0.2) is 28.8 Å². The van der Waals surface area contributed by atoms with Crippen molar-refractivity contribution >= 4 is 5.91 Å². The van der Waals surface area contributed by atoms with Gasteiger partial charge >= 0.3 is 0 Å². The van der Waals surface area contributed by atoms with Gasteiger partial charge in [-0.15, -0.1) is 0 Å². The van der Waals surface area contributed by atoms with Gasteiger partial charge < -0.3 is 10.6 Å². The van der Waals surface area contributed by atoms with Crippen molar-refractivity contribution in [2.45, 2.75) is 45.1 Å². The number of fused-ring (bicyclic) bond motifs is 1. The topological polar surface area (TPSA) is 59.0 Å². The normalized spacial score (nSPS) is 25.0. The standard InChI is InChI=1S/C15H24N4O/c1-15(6-8-16-9-7-15)14(20)18-12-4-3-5-13-11(12)10-17-19(13)2/h10,12,16H,3-9H2,1-2H3,(H,18,20). The molecule has 1 saturated heterocycles. The summed E-state index contributed by atoms with van der Waals surface area (Å²) < 4.78 is 1.94. The molecular formula is C15H24N4O. The van der Waals surface area contributed by atoms with Crippen LogP contribution in [0.4, 0.5) is 0 Å². The van der Waals surface area contributed by atoms with Gasteiger partial charge in [-0.05, 0) is 45.2 Å². The lowest BCUT2D eigenvalue weighted by molar-refractivity contribution is -0.132. The zero-order valence-electron chi connectivity index (χ0n) is 12.4. The van der Waals surface area contributed by atoms with Crippen LogP contribution in [0.25, 0.3) is 0 Å². The summed E-state index contributed by atoms with van der Waals surface area (Å²) in [7, 11) is 1.98. The van der Waals surface area contributed by atoms with E-state index in [0.29, 0.717) is 0 Å². The van der Waals surface area contributed by atoms with Gasteiger partial charge in [-0.1, -0.05) is 6.92 Å². The van der Waals surface area contributed by atoms with Crippen LogP contribution in [0.15, 0.2) is 6.20 Å². The average molecular weight is 276 g/mol. The van der Waals surface area contributed by atoms with Gasteiger partial charge in [-0.25, -0.2) is 0 Å². The highest BCUT2D eigenvalue weighted by atomic mass is 16.2. The van der Waals surface area contributed by atoms with Gasteiger partial charge in [-0.2, -0.15) is 5.10 Å². The van der Waals surface area contributed by atoms with Crippen LogP contribution in [0.5, 0.6) is 0 Å². The van der Waals surface area contributed by atoms with Gasteiger partial charge in [0.25, 0.3) is 0 Å². The molecular weight excluding hydrogens is 252 g/mol. The van der Waals surface area contributed by atoms with Crippen molar-refractivity contribution in [2.75, 3.05) is 13.1 Å². The maximum atomic E-state index is 12.6. The number of aromatic nitrogens is 2. The van der Waals surface area contributed by atoms with Crippen LogP contribution in [0.3, 0.4) is 0 Å². The Morgan fingerprint density at radius 2 is 2.25 bits per heavy atom. The Bertz CT molecular complexity index is 502. The summed E-state index contributed by atoms with van der Waals surface area (Å²) >= 11 is 0. The molecule has 0 spiro atoms. The number of aryl methyl sites for hydroxylation is 1. The predicted octanol–water partition coefficient (Wildman–Crippen LogP) is 1.30. The number of carbonyl (C=O) groups excluding carboxylic acids is 1. The minimum absolute atomic E-state index is 0.145. The molecule has 1 aromatic rings. The fourth-order valence-electron chi connectivity index (χ4n) is 3.39. The lowest BCUT2D eigenvalue weighted by Gasteiger charge is -2.35. The molecule has 0 aromatic carbocycles. The summed E-state index contributed by atoms with van der Waals surface area (Å²) in [4.78, 5) is 12.6. The zero-order valence-corrected chi connectivity index (χ0v) is 12.4. The number of carbonyl (C=O) groups is 1. The highest BCUT2D eigenvalue weighted by molar-refractivity contribution is 5.82. The molecule has 0 bridgehead atoms. The summed E-state index contributed by atoms with van der Waals surface area (Å²) in [6.45, 7) is 3.97. The molecule has 1 fully saturated rings. The first-order valence-electron chi connectivity index (χ1n) is 7.63. The maximum absolute atomic E-state index is 12.6. The largest absolute Gasteiger partial charge is 0.349 e. The molecule has 1 amide bonds. The van der Waals surface area contributed by atoms with Crippen LogP contribution >= 0.6 is 0 Å². The van der Waals surface area contributed by atoms with Crippen molar-refractivity contribution in [1.82, 2.24) is 20.4 Å². The first-order chi connectivity index (χ1) is 9.60. The second-order valence-corrected chi connectivity index (χ2v) is 6.40. The third kappa shape index (κ3) is 2.35. The fourth-order valence-corrected chi connectivity index (χ4v) is 3.39. The molecule has 0 saturated carbocycles. The van der Waals surface area contributed by atoms with Crippen LogP contribution in [0.2, 0.25) is 0 Å². The van der Waals surface area contributed by atoms with E-state index in [0.717, 1.165) is 45.2 Å². The molecule has 110 valence electrons. The van der Waals surface area contributed by atoms with Gasteiger partial charge in [-0.3, -0.25) is 9.48 Å². The van der Waals surface area contributed by atoms with Crippen molar-refractivity contribution in [1.29, 1.82) is 0 Å². The Kier molecular flexibility index (Phi) is 3.54. The van der Waals surface area contributed by atoms with E-state index < -0.39 is 0 Å². The number of amides is 1. The van der Waals surface area contributed by atoms with Gasteiger partial charge in [0, 0.05) is 23.7 Å². The smallest absolute Gasteiger partial charge is 0.226 e. The third-order valence-electron chi connectivity index (χ3n) is 4.94. The molecule has 5 nitrogen and oxygen atoms in total. The number of hydrogen-bond acceptors (Lipinski definition) is 3. The van der Waals surface area contributed by atoms with Gasteiger partial charge in [0.1, 0.15) is 0 Å². The van der Waals surface area contributed by atoms with Gasteiger partial charge in [0.2, 0.25) is 5.91 Å². The van der Waals surface area contributed by atoms with Crippen molar-refractivity contribution in [3.63, 3.8) is 0 Å². The molecule has 1 aliphatic heterocycles. The molecule has 1 aliphatic carbocycles. The second kappa shape index (κ2) is 5.20. The molecule has 3 rings (SSSR count). The summed E-state index contributed by atoms with van der Waals surface area (Å²) in [6, 6.07) is 0.145. The van der Waals surface area contributed by atoms with E-state index in [1.807, 2.05) is 17.9 Å². The van der Waals surface area contributed by atoms with E-state index in [1.54, 1.807) is 0 Å². The van der Waals surface area contributed by atoms with Gasteiger partial charge in [0.05, 0.1) is 12.2 Å². The third-order valence-corrected chi connectivity index (χ3v) is 4.94. The highest BCUT2D eigenvalue weighted by Gasteiger charge is 2.36. The number of nitrogens with zero attached hydrogens (tertiary/aromatic N) is 2. The summed E-state index contributed by atoms with van der Waals surface area (Å²) in [5.74, 6) is 0.209. The van der Waals surface area contributed by atoms with E-state index in [4.69, 9.17) is 0 Å². The van der Waals surface area contributed by atoms with E-state index >= 15 is 0 Å². The van der Waals surface area contributed by atoms with Crippen LogP contribution < -0.4 is 10.6 Å². The van der Waals surface area contributed by atoms with Crippen molar-refractivity contribution in [2.24, 2.45) is 12.5 Å². The van der Waals surface area contributed by atoms with E-state index in [9.17, 15) is 4.79 Å². The molecule has 2 heterocycles. The Balaban J connectivity index is 1.73. The monoisotopic (exact) mass is 276 g/mol. The average Bonchev–Trinajstić information content (AvgIpc) is 2.83. The number of hydrogen-bond donors (Lipinski definition) is 2. The lowest BCUT2D eigenvalue weighted by atomic mass is 9.79. The van der Waals surface area contributed by atoms with E-state index in [-0.39, 0.29) is 17.4 Å². The molecule has 2 aliphatic rings. The van der Waals surface area contributed by atoms with E-state index in [2.05, 4.69) is 22.7 Å². The number of piperidine rings is 1. The Labute approximate surface area is 120 Å². The SMILES string of the molecule is Cn1ncc2c1CCCC2NC(=O)C1(C)CCNCC1. The quantitative estimate of drug-likeness (QED) is 0.856. The summed E-state index contributed by atoms with van der Waals surface area (Å²) in [5, 5.41) is 10.9. The van der Waals surface area contributed by atoms with Crippen molar-refractivity contribution in [3.05, 3.63) is 17.5 Å². The Morgan fingerprint density at radius 3 is 3.00 bits per heavy atom. The minimum Gasteiger partial charge on any atom is -0.349 e. The Morgan fingerprint density at radius 1 is 1.50 bits per heavy atom. The fraction of sp³-hybridized carbons (Fsp3) is 0.733. The minimum atomic E-state index is -0.217. The number of nitrogens with one attached hydrogen (secondary N) is 2. The second-order valence-electron chi connectivity index (χ2n) is 6.40. The van der Waals surface area contributed by atoms with Crippen LogP contribution in [0.1, 0.15) is 49.9 Å². The molecule has 20 heavy (non-hydrogen) atoms. The first kappa shape index (κ1) is 13.6. The molecule has 1 atom stereocenters. The molecule has 0 radical (unpaired) electrons. The highest BCUT2D eigenvalue weighted by Crippen LogP contribution is 2.33. The van der Waals surface area contributed by atoms with Crippen LogP contribution in [0, 0.1) is 5.41 Å². The van der Waals surface area contributed by atoms with Gasteiger partial charge in [0.15, 0.2) is 0 Å². The van der Waals surface area contributed by atoms with Crippen molar-refractivity contribution in [3.8, 4) is 0 Å². The summed E-state index contributed by atoms with van der Waals surface area (Å²) in [5.41, 5.74) is 2.27. The molecule has 1 aromatic heterocycles. The Hall–Kier alpha value is -1.36. The predicted molar refractivity (Wildman–Crippen MR) is 77.2 cm³/mol. The molecule has 5 heteroatoms. The maximum Gasteiger partial charge on any atom is 0.226 e. The number of rotatable bonds is 2. The van der Waals surface area contributed by atoms with Crippen molar-refractivity contribution < 1.29 is 4.79 Å². The summed E-state index contributed by atoms with van der Waals surface area (Å²) in [6.07, 6.45) is 6.98. The van der Waals surface area contributed by atoms with E-state index in [1.165, 1.54) is 11.3 Å². The zero-order chi connectivity index (χ0) is 14.2. The lowest BCUT2D eigenvalue weighted by Crippen LogP contribution is -2.47. The molecule has 1 unspecified atom stereocenters.